The number of hydrogen-bond acceptors (Lipinski definition) is 3. The van der Waals surface area contributed by atoms with Crippen molar-refractivity contribution in [3.05, 3.63) is 35.2 Å². The number of carbonyl (C=O) groups is 1. The second-order valence-corrected chi connectivity index (χ2v) is 4.97. The fourth-order valence-corrected chi connectivity index (χ4v) is 2.54. The molecule has 3 nitrogen and oxygen atoms in total. The molecule has 4 heteroatoms. The lowest BCUT2D eigenvalue weighted by Crippen LogP contribution is -2.31. The van der Waals surface area contributed by atoms with Crippen molar-refractivity contribution >= 4 is 27.3 Å². The summed E-state index contributed by atoms with van der Waals surface area (Å²) in [5.41, 5.74) is 0. The highest BCUT2D eigenvalue weighted by Crippen LogP contribution is 2.25. The van der Waals surface area contributed by atoms with E-state index >= 15 is 0 Å². The zero-order chi connectivity index (χ0) is 12.3. The number of rotatable bonds is 3. The molecule has 1 atom stereocenters. The lowest BCUT2D eigenvalue weighted by molar-refractivity contribution is 0.0945. The van der Waals surface area contributed by atoms with Crippen LogP contribution in [0, 0.1) is 11.3 Å². The van der Waals surface area contributed by atoms with Gasteiger partial charge in [-0.15, -0.1) is 11.3 Å². The third-order valence-corrected chi connectivity index (χ3v) is 3.54. The summed E-state index contributed by atoms with van der Waals surface area (Å²) in [7, 11) is 0. The van der Waals surface area contributed by atoms with E-state index in [0.29, 0.717) is 11.3 Å². The number of nitrogens with one attached hydrogen (secondary N) is 1. The zero-order valence-electron chi connectivity index (χ0n) is 9.43. The van der Waals surface area contributed by atoms with Gasteiger partial charge < -0.3 is 5.32 Å². The van der Waals surface area contributed by atoms with Gasteiger partial charge in [-0.25, -0.2) is 0 Å². The summed E-state index contributed by atoms with van der Waals surface area (Å²) < 4.78 is 1.10. The Labute approximate surface area is 104 Å². The van der Waals surface area contributed by atoms with Crippen LogP contribution in [-0.2, 0) is 0 Å². The van der Waals surface area contributed by atoms with E-state index in [2.05, 4.69) is 5.32 Å². The lowest BCUT2D eigenvalue weighted by Gasteiger charge is -2.08. The molecule has 0 saturated carbocycles. The van der Waals surface area contributed by atoms with E-state index in [1.165, 1.54) is 11.3 Å². The van der Waals surface area contributed by atoms with Crippen molar-refractivity contribution in [1.29, 1.82) is 5.26 Å². The minimum Gasteiger partial charge on any atom is -0.348 e. The van der Waals surface area contributed by atoms with Crippen LogP contribution in [0.15, 0.2) is 30.3 Å². The Morgan fingerprint density at radius 3 is 3.00 bits per heavy atom. The fraction of sp³-hybridized carbons (Fsp3) is 0.231. The number of fused-ring (bicyclic) bond motifs is 1. The molecular formula is C13H12N2OS. The van der Waals surface area contributed by atoms with Crippen LogP contribution in [0.5, 0.6) is 0 Å². The molecule has 0 aliphatic heterocycles. The number of benzene rings is 1. The molecule has 0 saturated heterocycles. The number of nitrogens with zero attached hydrogens (tertiary/aromatic N) is 1. The average Bonchev–Trinajstić information content (AvgIpc) is 2.72. The minimum absolute atomic E-state index is 0.103. The molecule has 0 aliphatic rings. The van der Waals surface area contributed by atoms with Gasteiger partial charge in [0.1, 0.15) is 0 Å². The van der Waals surface area contributed by atoms with E-state index in [1.807, 2.05) is 43.3 Å². The van der Waals surface area contributed by atoms with Crippen LogP contribution < -0.4 is 5.32 Å². The normalized spacial score (nSPS) is 12.0. The first-order chi connectivity index (χ1) is 8.20. The Hall–Kier alpha value is -1.86. The van der Waals surface area contributed by atoms with Gasteiger partial charge in [0, 0.05) is 10.7 Å². The van der Waals surface area contributed by atoms with Gasteiger partial charge >= 0.3 is 0 Å². The van der Waals surface area contributed by atoms with Gasteiger partial charge in [-0.05, 0) is 24.4 Å². The van der Waals surface area contributed by atoms with Gasteiger partial charge in [0.25, 0.3) is 5.91 Å². The van der Waals surface area contributed by atoms with Gasteiger partial charge in [-0.2, -0.15) is 5.26 Å². The molecule has 2 rings (SSSR count). The highest BCUT2D eigenvalue weighted by molar-refractivity contribution is 7.20. The van der Waals surface area contributed by atoms with Crippen LogP contribution in [-0.4, -0.2) is 11.9 Å². The molecule has 0 aliphatic carbocycles. The predicted molar refractivity (Wildman–Crippen MR) is 69.0 cm³/mol. The third kappa shape index (κ3) is 2.63. The van der Waals surface area contributed by atoms with Gasteiger partial charge in [0.05, 0.1) is 17.4 Å². The molecule has 1 aromatic carbocycles. The summed E-state index contributed by atoms with van der Waals surface area (Å²) in [6.07, 6.45) is 0.330. The number of nitriles is 1. The second-order valence-electron chi connectivity index (χ2n) is 3.89. The first-order valence-corrected chi connectivity index (χ1v) is 6.19. The monoisotopic (exact) mass is 244 g/mol. The summed E-state index contributed by atoms with van der Waals surface area (Å²) in [6, 6.07) is 11.7. The van der Waals surface area contributed by atoms with Crippen molar-refractivity contribution in [2.24, 2.45) is 0 Å². The largest absolute Gasteiger partial charge is 0.348 e. The van der Waals surface area contributed by atoms with Crippen molar-refractivity contribution in [3.63, 3.8) is 0 Å². The highest BCUT2D eigenvalue weighted by atomic mass is 32.1. The Morgan fingerprint density at radius 2 is 2.29 bits per heavy atom. The third-order valence-electron chi connectivity index (χ3n) is 2.42. The number of amides is 1. The summed E-state index contributed by atoms with van der Waals surface area (Å²) in [6.45, 7) is 1.83. The molecule has 0 fully saturated rings. The van der Waals surface area contributed by atoms with E-state index in [9.17, 15) is 4.79 Å². The van der Waals surface area contributed by atoms with E-state index in [0.717, 1.165) is 10.1 Å². The molecule has 2 aromatic rings. The Balaban J connectivity index is 2.17. The molecule has 86 valence electrons. The summed E-state index contributed by atoms with van der Waals surface area (Å²) in [5.74, 6) is -0.103. The van der Waals surface area contributed by atoms with E-state index in [1.54, 1.807) is 0 Å². The van der Waals surface area contributed by atoms with Gasteiger partial charge in [0.2, 0.25) is 0 Å². The van der Waals surface area contributed by atoms with Gasteiger partial charge in [0.15, 0.2) is 0 Å². The first-order valence-electron chi connectivity index (χ1n) is 5.37. The Bertz CT molecular complexity index is 549. The van der Waals surface area contributed by atoms with Crippen LogP contribution >= 0.6 is 11.3 Å². The van der Waals surface area contributed by atoms with Gasteiger partial charge in [-0.3, -0.25) is 4.79 Å². The predicted octanol–water partition coefficient (Wildman–Crippen LogP) is 2.93. The molecule has 1 unspecified atom stereocenters. The number of carbonyl (C=O) groups excluding carboxylic acids is 1. The summed E-state index contributed by atoms with van der Waals surface area (Å²) in [5, 5.41) is 12.4. The number of hydrogen-bond donors (Lipinski definition) is 1. The zero-order valence-corrected chi connectivity index (χ0v) is 10.3. The molecular weight excluding hydrogens is 232 g/mol. The lowest BCUT2D eigenvalue weighted by atomic mass is 10.2. The van der Waals surface area contributed by atoms with Gasteiger partial charge in [-0.1, -0.05) is 18.2 Å². The molecule has 1 heterocycles. The van der Waals surface area contributed by atoms with Crippen molar-refractivity contribution in [1.82, 2.24) is 5.32 Å². The first kappa shape index (κ1) is 11.6. The van der Waals surface area contributed by atoms with Crippen LogP contribution in [0.3, 0.4) is 0 Å². The summed E-state index contributed by atoms with van der Waals surface area (Å²) in [4.78, 5) is 12.6. The molecule has 0 spiro atoms. The van der Waals surface area contributed by atoms with Crippen molar-refractivity contribution < 1.29 is 4.79 Å². The van der Waals surface area contributed by atoms with Crippen LogP contribution in [0.25, 0.3) is 10.1 Å². The minimum atomic E-state index is -0.113. The Morgan fingerprint density at radius 1 is 1.53 bits per heavy atom. The van der Waals surface area contributed by atoms with Crippen LogP contribution in [0.2, 0.25) is 0 Å². The van der Waals surface area contributed by atoms with E-state index in [4.69, 9.17) is 5.26 Å². The maximum atomic E-state index is 11.9. The molecule has 0 bridgehead atoms. The molecule has 0 radical (unpaired) electrons. The Kier molecular flexibility index (Phi) is 3.40. The summed E-state index contributed by atoms with van der Waals surface area (Å²) >= 11 is 1.47. The highest BCUT2D eigenvalue weighted by Gasteiger charge is 2.12. The average molecular weight is 244 g/mol. The standard InChI is InChI=1S/C13H12N2OS/c1-9(6-7-14)15-13(16)12-8-10-4-2-3-5-11(10)17-12/h2-5,8-9H,6H2,1H3,(H,15,16). The van der Waals surface area contributed by atoms with Crippen molar-refractivity contribution in [3.8, 4) is 6.07 Å². The number of thiophene rings is 1. The van der Waals surface area contributed by atoms with Crippen molar-refractivity contribution in [2.45, 2.75) is 19.4 Å². The topological polar surface area (TPSA) is 52.9 Å². The molecule has 1 aromatic heterocycles. The smallest absolute Gasteiger partial charge is 0.261 e. The SMILES string of the molecule is CC(CC#N)NC(=O)c1cc2ccccc2s1. The van der Waals surface area contributed by atoms with E-state index < -0.39 is 0 Å². The van der Waals surface area contributed by atoms with E-state index in [-0.39, 0.29) is 11.9 Å². The fourth-order valence-electron chi connectivity index (χ4n) is 1.58. The maximum Gasteiger partial charge on any atom is 0.261 e. The molecule has 17 heavy (non-hydrogen) atoms. The second kappa shape index (κ2) is 4.98. The molecule has 1 N–H and O–H groups in total. The molecule has 1 amide bonds. The van der Waals surface area contributed by atoms with Crippen LogP contribution in [0.4, 0.5) is 0 Å². The quantitative estimate of drug-likeness (QED) is 0.902. The maximum absolute atomic E-state index is 11.9. The van der Waals surface area contributed by atoms with Crippen LogP contribution in [0.1, 0.15) is 23.0 Å². The van der Waals surface area contributed by atoms with Crippen molar-refractivity contribution in [2.75, 3.05) is 0 Å².